The first kappa shape index (κ1) is 13.5. The van der Waals surface area contributed by atoms with Crippen LogP contribution in [-0.2, 0) is 0 Å². The first-order valence-corrected chi connectivity index (χ1v) is 7.53. The maximum absolute atomic E-state index is 9.65. The lowest BCUT2D eigenvalue weighted by atomic mass is 10.2. The van der Waals surface area contributed by atoms with E-state index in [-0.39, 0.29) is 6.04 Å². The lowest BCUT2D eigenvalue weighted by molar-refractivity contribution is -0.0936. The number of rotatable bonds is 3. The smallest absolute Gasteiger partial charge is 0.0553 e. The van der Waals surface area contributed by atoms with E-state index in [1.54, 1.807) is 18.8 Å². The molecule has 0 radical (unpaired) electrons. The van der Waals surface area contributed by atoms with Crippen molar-refractivity contribution in [3.8, 4) is 0 Å². The summed E-state index contributed by atoms with van der Waals surface area (Å²) in [7, 11) is 1.70. The second-order valence-corrected chi connectivity index (χ2v) is 6.15. The normalized spacial score (nSPS) is 14.9. The van der Waals surface area contributed by atoms with Gasteiger partial charge in [-0.05, 0) is 31.2 Å². The number of likely N-dealkylation sites (N-methyl/N-ethyl adjacent to an activating group) is 1. The van der Waals surface area contributed by atoms with Crippen LogP contribution >= 0.6 is 11.8 Å². The molecule has 3 nitrogen and oxygen atoms in total. The molecule has 1 aliphatic rings. The molecule has 4 heteroatoms. The van der Waals surface area contributed by atoms with Crippen molar-refractivity contribution in [3.05, 3.63) is 48.5 Å². The molecule has 104 valence electrons. The summed E-state index contributed by atoms with van der Waals surface area (Å²) in [5.41, 5.74) is 2.43. The summed E-state index contributed by atoms with van der Waals surface area (Å²) < 4.78 is 0. The van der Waals surface area contributed by atoms with Gasteiger partial charge in [0.25, 0.3) is 0 Å². The van der Waals surface area contributed by atoms with Crippen molar-refractivity contribution in [2.24, 2.45) is 0 Å². The van der Waals surface area contributed by atoms with Crippen LogP contribution in [0.1, 0.15) is 6.92 Å². The van der Waals surface area contributed by atoms with Crippen molar-refractivity contribution in [1.82, 2.24) is 5.06 Å². The van der Waals surface area contributed by atoms with E-state index >= 15 is 0 Å². The fraction of sp³-hybridized carbons (Fsp3) is 0.250. The molecule has 0 spiro atoms. The quantitative estimate of drug-likeness (QED) is 0.863. The predicted molar refractivity (Wildman–Crippen MR) is 83.0 cm³/mol. The highest BCUT2D eigenvalue weighted by molar-refractivity contribution is 7.99. The third-order valence-corrected chi connectivity index (χ3v) is 4.75. The van der Waals surface area contributed by atoms with Gasteiger partial charge in [-0.15, -0.1) is 0 Å². The minimum absolute atomic E-state index is 0.0548. The molecule has 1 aliphatic heterocycles. The van der Waals surface area contributed by atoms with E-state index < -0.39 is 0 Å². The molecule has 3 rings (SSSR count). The summed E-state index contributed by atoms with van der Waals surface area (Å²) in [4.78, 5) is 4.82. The summed E-state index contributed by atoms with van der Waals surface area (Å²) >= 11 is 1.80. The van der Waals surface area contributed by atoms with Gasteiger partial charge >= 0.3 is 0 Å². The molecule has 1 unspecified atom stereocenters. The maximum Gasteiger partial charge on any atom is 0.0553 e. The zero-order chi connectivity index (χ0) is 14.1. The number of benzene rings is 2. The van der Waals surface area contributed by atoms with Crippen LogP contribution in [0.15, 0.2) is 58.3 Å². The molecule has 0 aromatic heterocycles. The van der Waals surface area contributed by atoms with Crippen LogP contribution in [0.5, 0.6) is 0 Å². The van der Waals surface area contributed by atoms with E-state index in [0.717, 1.165) is 6.54 Å². The molecule has 0 bridgehead atoms. The Morgan fingerprint density at radius 2 is 1.55 bits per heavy atom. The van der Waals surface area contributed by atoms with Gasteiger partial charge in [-0.3, -0.25) is 0 Å². The number of fused-ring (bicyclic) bond motifs is 2. The van der Waals surface area contributed by atoms with E-state index in [4.69, 9.17) is 0 Å². The van der Waals surface area contributed by atoms with Crippen molar-refractivity contribution >= 4 is 23.1 Å². The Labute approximate surface area is 123 Å². The van der Waals surface area contributed by atoms with Crippen LogP contribution in [0.4, 0.5) is 11.4 Å². The average Bonchev–Trinajstić information content (AvgIpc) is 2.46. The Morgan fingerprint density at radius 3 is 2.05 bits per heavy atom. The Hall–Kier alpha value is -1.49. The highest BCUT2D eigenvalue weighted by atomic mass is 32.2. The predicted octanol–water partition coefficient (Wildman–Crippen LogP) is 4.00. The van der Waals surface area contributed by atoms with Crippen LogP contribution in [0.25, 0.3) is 0 Å². The standard InChI is InChI=1S/C16H18N2OS/c1-12(17(2)19)11-18-13-7-3-5-9-15(13)20-16-10-6-4-8-14(16)18/h3-10,12,19H,11H2,1-2H3. The van der Waals surface area contributed by atoms with Gasteiger partial charge in [0.05, 0.1) is 11.4 Å². The second-order valence-electron chi connectivity index (χ2n) is 5.07. The first-order chi connectivity index (χ1) is 9.66. The van der Waals surface area contributed by atoms with Gasteiger partial charge in [0.15, 0.2) is 0 Å². The zero-order valence-corrected chi connectivity index (χ0v) is 12.5. The first-order valence-electron chi connectivity index (χ1n) is 6.72. The molecule has 0 fully saturated rings. The fourth-order valence-electron chi connectivity index (χ4n) is 2.36. The summed E-state index contributed by atoms with van der Waals surface area (Å²) in [6, 6.07) is 16.9. The SMILES string of the molecule is CC(CN1c2ccccc2Sc2ccccc21)N(C)O. The largest absolute Gasteiger partial charge is 0.338 e. The van der Waals surface area contributed by atoms with E-state index in [0.29, 0.717) is 0 Å². The number of nitrogens with zero attached hydrogens (tertiary/aromatic N) is 2. The molecule has 1 atom stereocenters. The zero-order valence-electron chi connectivity index (χ0n) is 11.7. The van der Waals surface area contributed by atoms with E-state index in [1.165, 1.54) is 26.2 Å². The van der Waals surface area contributed by atoms with Gasteiger partial charge in [0.2, 0.25) is 0 Å². The Balaban J connectivity index is 2.03. The van der Waals surface area contributed by atoms with Gasteiger partial charge in [0, 0.05) is 29.4 Å². The third kappa shape index (κ3) is 2.42. The highest BCUT2D eigenvalue weighted by Crippen LogP contribution is 2.47. The van der Waals surface area contributed by atoms with Gasteiger partial charge in [-0.25, -0.2) is 0 Å². The summed E-state index contributed by atoms with van der Waals surface area (Å²) in [5, 5.41) is 10.9. The van der Waals surface area contributed by atoms with Crippen molar-refractivity contribution in [2.75, 3.05) is 18.5 Å². The molecular weight excluding hydrogens is 268 g/mol. The number of anilines is 2. The molecular formula is C16H18N2OS. The molecule has 0 saturated heterocycles. The molecule has 0 aliphatic carbocycles. The number of hydroxylamine groups is 2. The number of hydrogen-bond acceptors (Lipinski definition) is 4. The van der Waals surface area contributed by atoms with Gasteiger partial charge in [-0.1, -0.05) is 36.0 Å². The van der Waals surface area contributed by atoms with E-state index in [2.05, 4.69) is 53.4 Å². The molecule has 20 heavy (non-hydrogen) atoms. The van der Waals surface area contributed by atoms with Crippen molar-refractivity contribution < 1.29 is 5.21 Å². The highest BCUT2D eigenvalue weighted by Gasteiger charge is 2.24. The minimum atomic E-state index is 0.0548. The summed E-state index contributed by atoms with van der Waals surface area (Å²) in [6.45, 7) is 2.77. The second kappa shape index (κ2) is 5.48. The van der Waals surface area contributed by atoms with Gasteiger partial charge < -0.3 is 10.1 Å². The molecule has 2 aromatic rings. The third-order valence-electron chi connectivity index (χ3n) is 3.62. The maximum atomic E-state index is 9.65. The van der Waals surface area contributed by atoms with Crippen LogP contribution < -0.4 is 4.90 Å². The van der Waals surface area contributed by atoms with Crippen LogP contribution in [0, 0.1) is 0 Å². The lowest BCUT2D eigenvalue weighted by Crippen LogP contribution is -2.37. The molecule has 1 N–H and O–H groups in total. The van der Waals surface area contributed by atoms with E-state index in [1.807, 2.05) is 6.92 Å². The summed E-state index contributed by atoms with van der Waals surface area (Å²) in [6.07, 6.45) is 0. The lowest BCUT2D eigenvalue weighted by Gasteiger charge is -2.35. The molecule has 2 aromatic carbocycles. The number of para-hydroxylation sites is 2. The fourth-order valence-corrected chi connectivity index (χ4v) is 3.46. The van der Waals surface area contributed by atoms with Crippen LogP contribution in [0.2, 0.25) is 0 Å². The van der Waals surface area contributed by atoms with Crippen LogP contribution in [0.3, 0.4) is 0 Å². The average molecular weight is 286 g/mol. The number of hydrogen-bond donors (Lipinski definition) is 1. The Bertz CT molecular complexity index is 569. The molecule has 1 heterocycles. The van der Waals surface area contributed by atoms with Gasteiger partial charge in [0.1, 0.15) is 0 Å². The van der Waals surface area contributed by atoms with E-state index in [9.17, 15) is 5.21 Å². The monoisotopic (exact) mass is 286 g/mol. The minimum Gasteiger partial charge on any atom is -0.338 e. The Morgan fingerprint density at radius 1 is 1.05 bits per heavy atom. The van der Waals surface area contributed by atoms with Crippen molar-refractivity contribution in [3.63, 3.8) is 0 Å². The topological polar surface area (TPSA) is 26.7 Å². The van der Waals surface area contributed by atoms with Crippen molar-refractivity contribution in [2.45, 2.75) is 22.8 Å². The van der Waals surface area contributed by atoms with Gasteiger partial charge in [-0.2, -0.15) is 5.06 Å². The van der Waals surface area contributed by atoms with Crippen molar-refractivity contribution in [1.29, 1.82) is 0 Å². The Kier molecular flexibility index (Phi) is 3.70. The molecule has 0 saturated carbocycles. The van der Waals surface area contributed by atoms with Crippen LogP contribution in [-0.4, -0.2) is 29.9 Å². The summed E-state index contributed by atoms with van der Waals surface area (Å²) in [5.74, 6) is 0. The molecule has 0 amide bonds.